The minimum Gasteiger partial charge on any atom is -0.353 e. The lowest BCUT2D eigenvalue weighted by molar-refractivity contribution is 0.0940. The van der Waals surface area contributed by atoms with Crippen molar-refractivity contribution in [3.63, 3.8) is 0 Å². The Morgan fingerprint density at radius 2 is 1.89 bits per heavy atom. The number of anilines is 1. The minimum absolute atomic E-state index is 0.0993. The lowest BCUT2D eigenvalue weighted by atomic mass is 10.1. The second kappa shape index (κ2) is 7.59. The molecule has 4 rings (SSSR count). The fraction of sp³-hybridized carbons (Fsp3) is 0.200. The van der Waals surface area contributed by atoms with Gasteiger partial charge >= 0.3 is 0 Å². The molecule has 0 spiro atoms. The molecule has 1 aliphatic rings. The van der Waals surface area contributed by atoms with Crippen molar-refractivity contribution >= 4 is 23.3 Å². The molecule has 2 aromatic carbocycles. The van der Waals surface area contributed by atoms with Gasteiger partial charge in [-0.15, -0.1) is 0 Å². The van der Waals surface area contributed by atoms with Crippen LogP contribution in [-0.4, -0.2) is 35.2 Å². The second-order valence-electron chi connectivity index (χ2n) is 6.68. The van der Waals surface area contributed by atoms with Gasteiger partial charge in [0, 0.05) is 25.2 Å². The molecule has 0 unspecified atom stereocenters. The molecule has 2 N–H and O–H groups in total. The predicted molar refractivity (Wildman–Crippen MR) is 103 cm³/mol. The highest BCUT2D eigenvalue weighted by Gasteiger charge is 2.26. The first kappa shape index (κ1) is 18.4. The number of amides is 1. The number of H-pyrrole nitrogens is 1. The van der Waals surface area contributed by atoms with Gasteiger partial charge in [0.2, 0.25) is 0 Å². The zero-order valence-electron chi connectivity index (χ0n) is 14.8. The van der Waals surface area contributed by atoms with Crippen LogP contribution >= 0.6 is 11.6 Å². The van der Waals surface area contributed by atoms with Gasteiger partial charge in [-0.25, -0.2) is 8.78 Å². The third-order valence-corrected chi connectivity index (χ3v) is 5.07. The number of aromatic amines is 1. The Hall–Kier alpha value is -2.93. The van der Waals surface area contributed by atoms with E-state index in [2.05, 4.69) is 15.5 Å². The summed E-state index contributed by atoms with van der Waals surface area (Å²) in [5, 5.41) is 10.4. The smallest absolute Gasteiger partial charge is 0.253 e. The van der Waals surface area contributed by atoms with Crippen molar-refractivity contribution in [1.82, 2.24) is 15.5 Å². The van der Waals surface area contributed by atoms with Crippen molar-refractivity contribution in [1.29, 1.82) is 0 Å². The summed E-state index contributed by atoms with van der Waals surface area (Å²) in [4.78, 5) is 14.4. The summed E-state index contributed by atoms with van der Waals surface area (Å²) in [6, 6.07) is 11.7. The molecular weight excluding hydrogens is 386 g/mol. The summed E-state index contributed by atoms with van der Waals surface area (Å²) in [6.07, 6.45) is 0.734. The van der Waals surface area contributed by atoms with Crippen molar-refractivity contribution in [2.75, 3.05) is 18.0 Å². The number of nitrogens with one attached hydrogen (secondary N) is 2. The van der Waals surface area contributed by atoms with Crippen molar-refractivity contribution < 1.29 is 13.6 Å². The lowest BCUT2D eigenvalue weighted by Gasteiger charge is -2.16. The zero-order chi connectivity index (χ0) is 19.7. The van der Waals surface area contributed by atoms with Crippen LogP contribution < -0.4 is 10.2 Å². The molecule has 0 radical (unpaired) electrons. The van der Waals surface area contributed by atoms with Crippen LogP contribution in [0.4, 0.5) is 14.6 Å². The number of nitrogens with zero attached hydrogens (tertiary/aromatic N) is 2. The van der Waals surface area contributed by atoms with Crippen LogP contribution in [0.3, 0.4) is 0 Å². The van der Waals surface area contributed by atoms with E-state index >= 15 is 0 Å². The van der Waals surface area contributed by atoms with Gasteiger partial charge in [-0.05, 0) is 54.4 Å². The topological polar surface area (TPSA) is 61.0 Å². The molecule has 0 saturated carbocycles. The van der Waals surface area contributed by atoms with Gasteiger partial charge in [0.1, 0.15) is 11.6 Å². The zero-order valence-corrected chi connectivity index (χ0v) is 15.5. The van der Waals surface area contributed by atoms with Crippen LogP contribution in [0.2, 0.25) is 5.02 Å². The Kier molecular flexibility index (Phi) is 5.00. The molecule has 1 amide bonds. The monoisotopic (exact) mass is 402 g/mol. The number of aromatic nitrogens is 2. The second-order valence-corrected chi connectivity index (χ2v) is 7.08. The molecule has 8 heteroatoms. The van der Waals surface area contributed by atoms with Crippen LogP contribution in [0.15, 0.2) is 48.5 Å². The Morgan fingerprint density at radius 1 is 1.14 bits per heavy atom. The quantitative estimate of drug-likeness (QED) is 0.693. The Bertz CT molecular complexity index is 1010. The van der Waals surface area contributed by atoms with Crippen LogP contribution in [0, 0.1) is 11.6 Å². The Labute approximate surface area is 165 Å². The van der Waals surface area contributed by atoms with Crippen LogP contribution in [0.25, 0.3) is 11.3 Å². The summed E-state index contributed by atoms with van der Waals surface area (Å²) < 4.78 is 26.5. The molecule has 144 valence electrons. The van der Waals surface area contributed by atoms with E-state index in [9.17, 15) is 13.6 Å². The molecule has 2 heterocycles. The van der Waals surface area contributed by atoms with Crippen LogP contribution in [0.5, 0.6) is 0 Å². The van der Waals surface area contributed by atoms with Crippen LogP contribution in [0.1, 0.15) is 16.8 Å². The van der Waals surface area contributed by atoms with Gasteiger partial charge in [-0.3, -0.25) is 9.89 Å². The molecular formula is C20H17ClF2N4O. The lowest BCUT2D eigenvalue weighted by Crippen LogP contribution is -2.37. The molecule has 5 nitrogen and oxygen atoms in total. The highest BCUT2D eigenvalue weighted by atomic mass is 35.5. The van der Waals surface area contributed by atoms with E-state index in [-0.39, 0.29) is 22.4 Å². The number of hydrogen-bond donors (Lipinski definition) is 2. The standard InChI is InChI=1S/C20H17ClF2N4O/c21-17-6-5-14(23)9-16(17)20(28)24-15-7-8-27(11-15)19-10-18(25-26-19)12-1-3-13(22)4-2-12/h1-6,9-10,15H,7-8,11H2,(H,24,28)(H,25,26)/t15-/m0/s1. The Balaban J connectivity index is 1.41. The van der Waals surface area contributed by atoms with Crippen LogP contribution in [-0.2, 0) is 0 Å². The van der Waals surface area contributed by atoms with Crippen molar-refractivity contribution in [2.24, 2.45) is 0 Å². The number of carbonyl (C=O) groups excluding carboxylic acids is 1. The highest BCUT2D eigenvalue weighted by molar-refractivity contribution is 6.33. The third-order valence-electron chi connectivity index (χ3n) is 4.74. The number of benzene rings is 2. The van der Waals surface area contributed by atoms with Crippen molar-refractivity contribution in [3.8, 4) is 11.3 Å². The summed E-state index contributed by atoms with van der Waals surface area (Å²) in [5.74, 6) is -0.447. The Morgan fingerprint density at radius 3 is 2.68 bits per heavy atom. The molecule has 0 bridgehead atoms. The first-order chi connectivity index (χ1) is 13.5. The van der Waals surface area contributed by atoms with Gasteiger partial charge < -0.3 is 10.2 Å². The summed E-state index contributed by atoms with van der Waals surface area (Å²) >= 11 is 6.00. The third kappa shape index (κ3) is 3.84. The van der Waals surface area contributed by atoms with E-state index in [0.29, 0.717) is 6.54 Å². The van der Waals surface area contributed by atoms with Gasteiger partial charge in [-0.2, -0.15) is 5.10 Å². The summed E-state index contributed by atoms with van der Waals surface area (Å²) in [5.41, 5.74) is 1.75. The van der Waals surface area contributed by atoms with E-state index in [4.69, 9.17) is 11.6 Å². The summed E-state index contributed by atoms with van der Waals surface area (Å²) in [6.45, 7) is 1.29. The highest BCUT2D eigenvalue weighted by Crippen LogP contribution is 2.25. The van der Waals surface area contributed by atoms with Crippen molar-refractivity contribution in [3.05, 3.63) is 70.8 Å². The minimum atomic E-state index is -0.507. The molecule has 1 fully saturated rings. The number of hydrogen-bond acceptors (Lipinski definition) is 3. The van der Waals surface area contributed by atoms with E-state index in [0.717, 1.165) is 36.1 Å². The molecule has 1 aromatic heterocycles. The molecule has 0 aliphatic carbocycles. The maximum Gasteiger partial charge on any atom is 0.253 e. The van der Waals surface area contributed by atoms with E-state index in [1.807, 2.05) is 11.0 Å². The maximum absolute atomic E-state index is 13.4. The molecule has 3 aromatic rings. The number of halogens is 3. The normalized spacial score (nSPS) is 16.4. The van der Waals surface area contributed by atoms with Gasteiger partial charge in [-0.1, -0.05) is 11.6 Å². The molecule has 1 atom stereocenters. The average Bonchev–Trinajstić information content (AvgIpc) is 3.34. The first-order valence-corrected chi connectivity index (χ1v) is 9.19. The predicted octanol–water partition coefficient (Wildman–Crippen LogP) is 4.02. The SMILES string of the molecule is O=C(N[C@H]1CCN(c2cc(-c3ccc(F)cc3)[nH]n2)C1)c1cc(F)ccc1Cl. The maximum atomic E-state index is 13.4. The number of carbonyl (C=O) groups is 1. The molecule has 28 heavy (non-hydrogen) atoms. The van der Waals surface area contributed by atoms with Gasteiger partial charge in [0.05, 0.1) is 16.3 Å². The summed E-state index contributed by atoms with van der Waals surface area (Å²) in [7, 11) is 0. The fourth-order valence-electron chi connectivity index (χ4n) is 3.27. The van der Waals surface area contributed by atoms with E-state index in [1.54, 1.807) is 12.1 Å². The first-order valence-electron chi connectivity index (χ1n) is 8.82. The van der Waals surface area contributed by atoms with E-state index in [1.165, 1.54) is 24.3 Å². The van der Waals surface area contributed by atoms with Gasteiger partial charge in [0.15, 0.2) is 5.82 Å². The molecule has 1 saturated heterocycles. The fourth-order valence-corrected chi connectivity index (χ4v) is 3.47. The van der Waals surface area contributed by atoms with Gasteiger partial charge in [0.25, 0.3) is 5.91 Å². The largest absolute Gasteiger partial charge is 0.353 e. The van der Waals surface area contributed by atoms with Crippen molar-refractivity contribution in [2.45, 2.75) is 12.5 Å². The molecule has 1 aliphatic heterocycles. The average molecular weight is 403 g/mol. The van der Waals surface area contributed by atoms with E-state index < -0.39 is 11.7 Å². The number of rotatable bonds is 4.